The van der Waals surface area contributed by atoms with E-state index in [1.54, 1.807) is 0 Å². The zero-order valence-corrected chi connectivity index (χ0v) is 22.4. The van der Waals surface area contributed by atoms with Crippen molar-refractivity contribution in [2.75, 3.05) is 6.61 Å². The average molecular weight is 580 g/mol. The molecule has 0 spiro atoms. The van der Waals surface area contributed by atoms with Gasteiger partial charge in [0.1, 0.15) is 18.8 Å². The number of aromatic hydroxyl groups is 2. The quantitative estimate of drug-likeness (QED) is 0.287. The van der Waals surface area contributed by atoms with E-state index in [1.807, 2.05) is 0 Å². The van der Waals surface area contributed by atoms with E-state index in [1.165, 1.54) is 24.3 Å². The second-order valence-electron chi connectivity index (χ2n) is 8.94. The molecule has 0 aliphatic carbocycles. The molecule has 6 atom stereocenters. The molecule has 1 aliphatic heterocycles. The summed E-state index contributed by atoms with van der Waals surface area (Å²) in [6.45, 7) is 4.06. The molecule has 1 unspecified atom stereocenters. The zero-order chi connectivity index (χ0) is 30.4. The van der Waals surface area contributed by atoms with Crippen LogP contribution in [0.5, 0.6) is 11.8 Å². The van der Waals surface area contributed by atoms with Gasteiger partial charge in [-0.2, -0.15) is 0 Å². The van der Waals surface area contributed by atoms with Crippen molar-refractivity contribution in [2.24, 2.45) is 0 Å². The summed E-state index contributed by atoms with van der Waals surface area (Å²) >= 11 is 0. The Hall–Kier alpha value is -4.79. The number of ether oxygens (including phenoxy) is 6. The standard InChI is InChI=1S/C26H29NO14/c1-12(28)36-11-18-22(37-13(2)29)24(39-15(4)31)23(38-14(3)30)21(40-18)16-5-7-17(8-6-16)25(41-26(34)35)27-19(32)9-10-20(27)33/h5-10,18,21-25,32-33H,11H2,1-4H3,(H,34,35)/t18-,21-,22+,23+,24+,25?/m1/s1. The molecule has 1 fully saturated rings. The second kappa shape index (κ2) is 13.0. The molecule has 3 N–H and O–H groups in total. The van der Waals surface area contributed by atoms with Crippen LogP contribution < -0.4 is 0 Å². The first-order valence-corrected chi connectivity index (χ1v) is 12.2. The lowest BCUT2D eigenvalue weighted by molar-refractivity contribution is -0.254. The predicted octanol–water partition coefficient (Wildman–Crippen LogP) is 1.94. The van der Waals surface area contributed by atoms with E-state index >= 15 is 0 Å². The molecule has 1 aliphatic rings. The third-order valence-corrected chi connectivity index (χ3v) is 5.86. The number of nitrogens with zero attached hydrogens (tertiary/aromatic N) is 1. The van der Waals surface area contributed by atoms with Gasteiger partial charge in [-0.15, -0.1) is 0 Å². The van der Waals surface area contributed by atoms with E-state index < -0.39 is 85.1 Å². The number of benzene rings is 1. The third kappa shape index (κ3) is 7.66. The number of carbonyl (C=O) groups excluding carboxylic acids is 4. The molecule has 0 saturated carbocycles. The van der Waals surface area contributed by atoms with Crippen LogP contribution in [0.1, 0.15) is 51.2 Å². The number of carboxylic acid groups (broad SMARTS) is 1. The van der Waals surface area contributed by atoms with Crippen molar-refractivity contribution in [1.82, 2.24) is 4.57 Å². The monoisotopic (exact) mass is 579 g/mol. The van der Waals surface area contributed by atoms with Gasteiger partial charge in [0.2, 0.25) is 6.23 Å². The molecule has 15 nitrogen and oxygen atoms in total. The molecule has 15 heteroatoms. The summed E-state index contributed by atoms with van der Waals surface area (Å²) in [7, 11) is 0. The highest BCUT2D eigenvalue weighted by atomic mass is 16.7. The van der Waals surface area contributed by atoms with Crippen LogP contribution in [0.4, 0.5) is 4.79 Å². The minimum Gasteiger partial charge on any atom is -0.494 e. The largest absolute Gasteiger partial charge is 0.507 e. The van der Waals surface area contributed by atoms with Crippen LogP contribution >= 0.6 is 0 Å². The first-order chi connectivity index (χ1) is 19.3. The number of aromatic nitrogens is 1. The first-order valence-electron chi connectivity index (χ1n) is 12.2. The number of esters is 4. The van der Waals surface area contributed by atoms with Gasteiger partial charge in [0.25, 0.3) is 0 Å². The molecular formula is C26H29NO14. The fourth-order valence-electron chi connectivity index (χ4n) is 4.38. The number of carbonyl (C=O) groups is 5. The van der Waals surface area contributed by atoms with Crippen LogP contribution in [0, 0.1) is 0 Å². The number of hydrogen-bond acceptors (Lipinski definition) is 13. The van der Waals surface area contributed by atoms with Gasteiger partial charge < -0.3 is 43.7 Å². The molecule has 3 rings (SSSR count). The fourth-order valence-corrected chi connectivity index (χ4v) is 4.38. The van der Waals surface area contributed by atoms with E-state index in [9.17, 15) is 39.3 Å². The highest BCUT2D eigenvalue weighted by Crippen LogP contribution is 2.39. The summed E-state index contributed by atoms with van der Waals surface area (Å²) in [4.78, 5) is 58.9. The molecule has 0 radical (unpaired) electrons. The molecule has 1 aromatic heterocycles. The van der Waals surface area contributed by atoms with Crippen molar-refractivity contribution < 1.29 is 67.7 Å². The van der Waals surface area contributed by atoms with Crippen LogP contribution in [0.15, 0.2) is 36.4 Å². The summed E-state index contributed by atoms with van der Waals surface area (Å²) < 4.78 is 33.1. The predicted molar refractivity (Wildman–Crippen MR) is 132 cm³/mol. The van der Waals surface area contributed by atoms with Gasteiger partial charge in [0, 0.05) is 45.4 Å². The molecular weight excluding hydrogens is 550 g/mol. The number of hydrogen-bond donors (Lipinski definition) is 3. The molecule has 222 valence electrons. The minimum atomic E-state index is -1.69. The summed E-state index contributed by atoms with van der Waals surface area (Å²) in [6.07, 6.45) is -9.57. The van der Waals surface area contributed by atoms with Gasteiger partial charge in [-0.3, -0.25) is 19.2 Å². The highest BCUT2D eigenvalue weighted by Gasteiger charge is 2.52. The van der Waals surface area contributed by atoms with Crippen LogP contribution in [0.2, 0.25) is 0 Å². The smallest absolute Gasteiger partial charge is 0.494 e. The molecule has 1 aromatic carbocycles. The van der Waals surface area contributed by atoms with Crippen molar-refractivity contribution in [3.05, 3.63) is 47.5 Å². The average Bonchev–Trinajstić information content (AvgIpc) is 3.20. The minimum absolute atomic E-state index is 0.170. The molecule has 41 heavy (non-hydrogen) atoms. The van der Waals surface area contributed by atoms with Crippen molar-refractivity contribution >= 4 is 30.0 Å². The maximum atomic E-state index is 12.1. The maximum Gasteiger partial charge on any atom is 0.507 e. The van der Waals surface area contributed by atoms with Gasteiger partial charge in [-0.25, -0.2) is 9.36 Å². The lowest BCUT2D eigenvalue weighted by Gasteiger charge is -2.44. The SMILES string of the molecule is CC(=O)OC[C@H]1O[C@H](c2ccc(C(OC(=O)O)n3c(O)ccc3O)cc2)[C@H](OC(C)=O)[C@@H](OC(C)=O)[C@H]1OC(C)=O. The molecule has 0 bridgehead atoms. The van der Waals surface area contributed by atoms with Crippen molar-refractivity contribution in [3.8, 4) is 11.8 Å². The third-order valence-electron chi connectivity index (χ3n) is 5.86. The van der Waals surface area contributed by atoms with Gasteiger partial charge in [0.05, 0.1) is 0 Å². The van der Waals surface area contributed by atoms with Crippen LogP contribution in [-0.4, -0.2) is 80.9 Å². The van der Waals surface area contributed by atoms with Crippen LogP contribution in [0.3, 0.4) is 0 Å². The summed E-state index contributed by atoms with van der Waals surface area (Å²) in [5, 5.41) is 29.4. The first kappa shape index (κ1) is 30.7. The van der Waals surface area contributed by atoms with Gasteiger partial charge in [0.15, 0.2) is 30.1 Å². The maximum absolute atomic E-state index is 12.1. The topological polar surface area (TPSA) is 206 Å². The Balaban J connectivity index is 2.06. The van der Waals surface area contributed by atoms with Crippen molar-refractivity contribution in [2.45, 2.75) is 64.4 Å². The molecule has 2 heterocycles. The Morgan fingerprint density at radius 2 is 1.29 bits per heavy atom. The van der Waals surface area contributed by atoms with Crippen molar-refractivity contribution in [1.29, 1.82) is 0 Å². The van der Waals surface area contributed by atoms with Crippen LogP contribution in [0.25, 0.3) is 0 Å². The van der Waals surface area contributed by atoms with E-state index in [4.69, 9.17) is 28.4 Å². The molecule has 2 aromatic rings. The Labute approximate surface area is 233 Å². The highest BCUT2D eigenvalue weighted by molar-refractivity contribution is 5.69. The van der Waals surface area contributed by atoms with E-state index in [0.29, 0.717) is 5.56 Å². The Morgan fingerprint density at radius 3 is 1.78 bits per heavy atom. The van der Waals surface area contributed by atoms with Crippen molar-refractivity contribution in [3.63, 3.8) is 0 Å². The zero-order valence-electron chi connectivity index (χ0n) is 22.4. The van der Waals surface area contributed by atoms with Gasteiger partial charge in [-0.1, -0.05) is 24.3 Å². The van der Waals surface area contributed by atoms with E-state index in [2.05, 4.69) is 0 Å². The Morgan fingerprint density at radius 1 is 0.780 bits per heavy atom. The van der Waals surface area contributed by atoms with Crippen LogP contribution in [-0.2, 0) is 47.6 Å². The summed E-state index contributed by atoms with van der Waals surface area (Å²) in [5.41, 5.74) is 0.491. The Kier molecular flexibility index (Phi) is 9.78. The summed E-state index contributed by atoms with van der Waals surface area (Å²) in [6, 6.07) is 7.98. The lowest BCUT2D eigenvalue weighted by Crippen LogP contribution is -2.59. The van der Waals surface area contributed by atoms with Gasteiger partial charge in [-0.05, 0) is 5.56 Å². The fraction of sp³-hybridized carbons (Fsp3) is 0.423. The van der Waals surface area contributed by atoms with E-state index in [0.717, 1.165) is 44.4 Å². The second-order valence-corrected chi connectivity index (χ2v) is 8.94. The molecule has 0 amide bonds. The number of rotatable bonds is 9. The van der Waals surface area contributed by atoms with Gasteiger partial charge >= 0.3 is 30.0 Å². The lowest BCUT2D eigenvalue weighted by atomic mass is 9.90. The Bertz CT molecular complexity index is 1270. The molecule has 1 saturated heterocycles. The van der Waals surface area contributed by atoms with E-state index in [-0.39, 0.29) is 5.56 Å². The summed E-state index contributed by atoms with van der Waals surface area (Å²) in [5.74, 6) is -3.94. The normalized spacial score (nSPS) is 22.6.